The van der Waals surface area contributed by atoms with Crippen LogP contribution in [0.15, 0.2) is 0 Å². The van der Waals surface area contributed by atoms with E-state index in [1.165, 1.54) is 12.1 Å². The van der Waals surface area contributed by atoms with Crippen LogP contribution in [0.2, 0.25) is 0 Å². The second kappa shape index (κ2) is 5.77. The zero-order chi connectivity index (χ0) is 12.8. The molecule has 0 aliphatic carbocycles. The van der Waals surface area contributed by atoms with Gasteiger partial charge in [0, 0.05) is 0 Å². The molecule has 0 spiro atoms. The van der Waals surface area contributed by atoms with Crippen LogP contribution in [0.5, 0.6) is 0 Å². The molecule has 0 aromatic rings. The predicted molar refractivity (Wildman–Crippen MR) is 54.5 cm³/mol. The standard InChI is InChI=1S/C6H10N4O4S2/c1-6(15(11,12)9-4-2-7)16(13,14)10-5-3-8/h6,9-10H,4-5H2,1H3. The predicted octanol–water partition coefficient (Wildman–Crippen LogP) is -1.78. The van der Waals surface area contributed by atoms with Gasteiger partial charge >= 0.3 is 0 Å². The molecular weight excluding hydrogens is 256 g/mol. The van der Waals surface area contributed by atoms with Crippen molar-refractivity contribution in [3.05, 3.63) is 0 Å². The van der Waals surface area contributed by atoms with Gasteiger partial charge in [-0.25, -0.2) is 16.8 Å². The maximum Gasteiger partial charge on any atom is 0.231 e. The summed E-state index contributed by atoms with van der Waals surface area (Å²) in [7, 11) is -8.29. The fourth-order valence-corrected chi connectivity index (χ4v) is 3.41. The summed E-state index contributed by atoms with van der Waals surface area (Å²) in [5, 5.41) is 16.3. The van der Waals surface area contributed by atoms with E-state index in [2.05, 4.69) is 0 Å². The molecule has 0 aromatic carbocycles. The Labute approximate surface area is 94.0 Å². The van der Waals surface area contributed by atoms with E-state index in [1.54, 1.807) is 9.44 Å². The molecule has 0 aliphatic rings. The summed E-state index contributed by atoms with van der Waals surface area (Å²) in [6.45, 7) is -0.0830. The van der Waals surface area contributed by atoms with Crippen LogP contribution >= 0.6 is 0 Å². The van der Waals surface area contributed by atoms with Crippen LogP contribution in [0.4, 0.5) is 0 Å². The Morgan fingerprint density at radius 3 is 1.56 bits per heavy atom. The number of nitrogens with zero attached hydrogens (tertiary/aromatic N) is 2. The summed E-state index contributed by atoms with van der Waals surface area (Å²) in [5.41, 5.74) is 0. The minimum atomic E-state index is -4.14. The Morgan fingerprint density at radius 2 is 1.31 bits per heavy atom. The molecule has 0 atom stereocenters. The quantitative estimate of drug-likeness (QED) is 0.544. The molecule has 10 heteroatoms. The average Bonchev–Trinajstić information content (AvgIpc) is 2.22. The van der Waals surface area contributed by atoms with Crippen LogP contribution in [0.1, 0.15) is 6.92 Å². The number of sulfonamides is 2. The Hall–Kier alpha value is -1.20. The third kappa shape index (κ3) is 4.12. The summed E-state index contributed by atoms with van der Waals surface area (Å²) in [6.07, 6.45) is 0. The molecule has 2 N–H and O–H groups in total. The Bertz CT molecular complexity index is 462. The van der Waals surface area contributed by atoms with Crippen LogP contribution < -0.4 is 9.44 Å². The third-order valence-corrected chi connectivity index (χ3v) is 5.94. The van der Waals surface area contributed by atoms with Crippen LogP contribution in [0, 0.1) is 22.7 Å². The lowest BCUT2D eigenvalue weighted by atomic mass is 10.8. The largest absolute Gasteiger partial charge is 0.231 e. The molecule has 0 rings (SSSR count). The normalized spacial score (nSPS) is 12.0. The van der Waals surface area contributed by atoms with Crippen LogP contribution in [-0.2, 0) is 20.0 Å². The van der Waals surface area contributed by atoms with Crippen LogP contribution in [0.3, 0.4) is 0 Å². The van der Waals surface area contributed by atoms with Gasteiger partial charge in [-0.1, -0.05) is 0 Å². The second-order valence-corrected chi connectivity index (χ2v) is 7.09. The fourth-order valence-electron chi connectivity index (χ4n) is 0.667. The van der Waals surface area contributed by atoms with Crippen molar-refractivity contribution in [2.45, 2.75) is 11.5 Å². The summed E-state index contributed by atoms with van der Waals surface area (Å²) in [5.74, 6) is 0. The van der Waals surface area contributed by atoms with E-state index in [9.17, 15) is 16.8 Å². The molecule has 0 bridgehead atoms. The summed E-state index contributed by atoms with van der Waals surface area (Å²) >= 11 is 0. The lowest BCUT2D eigenvalue weighted by Crippen LogP contribution is -2.43. The van der Waals surface area contributed by atoms with Crippen molar-refractivity contribution in [1.29, 1.82) is 10.5 Å². The third-order valence-electron chi connectivity index (χ3n) is 1.58. The highest BCUT2D eigenvalue weighted by Gasteiger charge is 2.32. The molecule has 0 saturated heterocycles. The van der Waals surface area contributed by atoms with Crippen molar-refractivity contribution in [3.8, 4) is 12.1 Å². The highest BCUT2D eigenvalue weighted by Crippen LogP contribution is 2.05. The van der Waals surface area contributed by atoms with Gasteiger partial charge in [-0.3, -0.25) is 0 Å². The van der Waals surface area contributed by atoms with E-state index >= 15 is 0 Å². The lowest BCUT2D eigenvalue weighted by molar-refractivity contribution is 0.566. The van der Waals surface area contributed by atoms with E-state index < -0.39 is 37.7 Å². The maximum absolute atomic E-state index is 11.3. The zero-order valence-electron chi connectivity index (χ0n) is 8.34. The highest BCUT2D eigenvalue weighted by atomic mass is 32.3. The Balaban J connectivity index is 4.87. The van der Waals surface area contributed by atoms with Gasteiger partial charge in [0.2, 0.25) is 20.0 Å². The molecule has 0 fully saturated rings. The van der Waals surface area contributed by atoms with Crippen LogP contribution in [-0.4, -0.2) is 34.5 Å². The van der Waals surface area contributed by atoms with Crippen molar-refractivity contribution in [3.63, 3.8) is 0 Å². The topological polar surface area (TPSA) is 140 Å². The van der Waals surface area contributed by atoms with Crippen molar-refractivity contribution >= 4 is 20.0 Å². The number of nitrogens with one attached hydrogen (secondary N) is 2. The first kappa shape index (κ1) is 14.8. The van der Waals surface area contributed by atoms with Crippen molar-refractivity contribution in [2.24, 2.45) is 0 Å². The molecule has 16 heavy (non-hydrogen) atoms. The molecule has 0 saturated carbocycles. The Morgan fingerprint density at radius 1 is 1.00 bits per heavy atom. The number of nitriles is 2. The van der Waals surface area contributed by atoms with Gasteiger partial charge in [0.1, 0.15) is 0 Å². The first-order valence-electron chi connectivity index (χ1n) is 3.99. The SMILES string of the molecule is CC(S(=O)(=O)NCC#N)S(=O)(=O)NCC#N. The molecule has 0 radical (unpaired) electrons. The molecule has 0 heterocycles. The van der Waals surface area contributed by atoms with Crippen LogP contribution in [0.25, 0.3) is 0 Å². The van der Waals surface area contributed by atoms with Gasteiger partial charge in [0.25, 0.3) is 0 Å². The number of hydrogen-bond acceptors (Lipinski definition) is 6. The molecule has 0 amide bonds. The molecule has 0 aromatic heterocycles. The van der Waals surface area contributed by atoms with E-state index in [1.807, 2.05) is 0 Å². The van der Waals surface area contributed by atoms with Gasteiger partial charge in [-0.2, -0.15) is 20.0 Å². The van der Waals surface area contributed by atoms with E-state index in [4.69, 9.17) is 10.5 Å². The summed E-state index contributed by atoms with van der Waals surface area (Å²) in [4.78, 5) is 0. The maximum atomic E-state index is 11.3. The smallest absolute Gasteiger partial charge is 0.211 e. The van der Waals surface area contributed by atoms with Crippen molar-refractivity contribution < 1.29 is 16.8 Å². The number of hydrogen-bond donors (Lipinski definition) is 2. The van der Waals surface area contributed by atoms with E-state index in [-0.39, 0.29) is 0 Å². The van der Waals surface area contributed by atoms with Gasteiger partial charge in [0.05, 0.1) is 25.2 Å². The monoisotopic (exact) mass is 266 g/mol. The minimum Gasteiger partial charge on any atom is -0.211 e. The molecule has 0 unspecified atom stereocenters. The molecule has 8 nitrogen and oxygen atoms in total. The van der Waals surface area contributed by atoms with Gasteiger partial charge in [-0.05, 0) is 6.92 Å². The van der Waals surface area contributed by atoms with Crippen molar-refractivity contribution in [2.75, 3.05) is 13.1 Å². The zero-order valence-corrected chi connectivity index (χ0v) is 9.97. The van der Waals surface area contributed by atoms with E-state index in [0.29, 0.717) is 0 Å². The molecule has 0 aliphatic heterocycles. The van der Waals surface area contributed by atoms with Gasteiger partial charge in [-0.15, -0.1) is 0 Å². The Kier molecular flexibility index (Phi) is 5.33. The number of rotatable bonds is 6. The van der Waals surface area contributed by atoms with Crippen molar-refractivity contribution in [1.82, 2.24) is 9.44 Å². The molecular formula is C6H10N4O4S2. The lowest BCUT2D eigenvalue weighted by Gasteiger charge is -2.12. The minimum absolute atomic E-state index is 0.513. The van der Waals surface area contributed by atoms with E-state index in [0.717, 1.165) is 6.92 Å². The fraction of sp³-hybridized carbons (Fsp3) is 0.667. The summed E-state index contributed by atoms with van der Waals surface area (Å²) < 4.78 is 47.2. The average molecular weight is 266 g/mol. The highest BCUT2D eigenvalue weighted by molar-refractivity contribution is 8.07. The van der Waals surface area contributed by atoms with Gasteiger partial charge in [0.15, 0.2) is 4.58 Å². The first-order valence-corrected chi connectivity index (χ1v) is 7.08. The summed E-state index contributed by atoms with van der Waals surface area (Å²) in [6, 6.07) is 3.03. The van der Waals surface area contributed by atoms with Gasteiger partial charge < -0.3 is 0 Å². The first-order chi connectivity index (χ1) is 7.28. The molecule has 90 valence electrons. The second-order valence-electron chi connectivity index (χ2n) is 2.62.